The number of pyridine rings is 1. The summed E-state index contributed by atoms with van der Waals surface area (Å²) in [4.78, 5) is 19.5. The van der Waals surface area contributed by atoms with E-state index in [-0.39, 0.29) is 12.0 Å². The molecule has 1 aliphatic heterocycles. The van der Waals surface area contributed by atoms with Crippen LogP contribution in [0.3, 0.4) is 0 Å². The van der Waals surface area contributed by atoms with Crippen LogP contribution in [0.25, 0.3) is 0 Å². The first kappa shape index (κ1) is 18.2. The van der Waals surface area contributed by atoms with E-state index in [1.807, 2.05) is 44.2 Å². The van der Waals surface area contributed by atoms with Crippen LogP contribution in [0.15, 0.2) is 42.6 Å². The molecule has 2 heterocycles. The van der Waals surface area contributed by atoms with Gasteiger partial charge in [-0.25, -0.2) is 4.98 Å². The topological polar surface area (TPSA) is 54.5 Å². The Morgan fingerprint density at radius 3 is 2.88 bits per heavy atom. The van der Waals surface area contributed by atoms with Gasteiger partial charge >= 0.3 is 0 Å². The van der Waals surface area contributed by atoms with Crippen LogP contribution in [0, 0.1) is 5.92 Å². The van der Waals surface area contributed by atoms with Crippen molar-refractivity contribution in [1.82, 2.24) is 4.98 Å². The van der Waals surface area contributed by atoms with Crippen LogP contribution < -0.4 is 15.0 Å². The number of benzene rings is 1. The fourth-order valence-electron chi connectivity index (χ4n) is 3.25. The van der Waals surface area contributed by atoms with Gasteiger partial charge < -0.3 is 15.0 Å². The molecule has 0 spiro atoms. The normalized spacial score (nSPS) is 17.2. The number of nitrogens with one attached hydrogen (secondary N) is 1. The summed E-state index contributed by atoms with van der Waals surface area (Å²) in [5.74, 6) is 2.05. The minimum absolute atomic E-state index is 0.0432. The van der Waals surface area contributed by atoms with Crippen LogP contribution in [0.2, 0.25) is 0 Å². The van der Waals surface area contributed by atoms with E-state index in [9.17, 15) is 4.79 Å². The largest absolute Gasteiger partial charge is 0.489 e. The second-order valence-corrected chi connectivity index (χ2v) is 7.21. The van der Waals surface area contributed by atoms with Gasteiger partial charge in [0.2, 0.25) is 0 Å². The Balaban J connectivity index is 1.76. The molecule has 138 valence electrons. The lowest BCUT2D eigenvalue weighted by atomic mass is 10.0. The molecule has 1 aliphatic rings. The predicted octanol–water partition coefficient (Wildman–Crippen LogP) is 4.36. The van der Waals surface area contributed by atoms with E-state index in [0.717, 1.165) is 18.9 Å². The van der Waals surface area contributed by atoms with Crippen molar-refractivity contribution in [2.75, 3.05) is 23.3 Å². The van der Waals surface area contributed by atoms with Gasteiger partial charge in [-0.1, -0.05) is 19.1 Å². The molecule has 1 unspecified atom stereocenters. The lowest BCUT2D eigenvalue weighted by molar-refractivity contribution is 0.102. The van der Waals surface area contributed by atoms with Crippen molar-refractivity contribution in [2.24, 2.45) is 5.92 Å². The van der Waals surface area contributed by atoms with Gasteiger partial charge in [-0.2, -0.15) is 0 Å². The first-order valence-electron chi connectivity index (χ1n) is 9.31. The standard InChI is InChI=1S/C21H27N3O2/c1-15(2)26-19-9-5-4-8-18(19)23-21(25)17-10-11-22-20(13-17)24-12-6-7-16(3)14-24/h4-5,8-11,13,15-16H,6-7,12,14H2,1-3H3,(H,23,25). The van der Waals surface area contributed by atoms with Gasteiger partial charge in [-0.05, 0) is 56.9 Å². The van der Waals surface area contributed by atoms with Gasteiger partial charge in [0.25, 0.3) is 5.91 Å². The monoisotopic (exact) mass is 353 g/mol. The molecule has 0 saturated carbocycles. The number of amides is 1. The van der Waals surface area contributed by atoms with Crippen LogP contribution >= 0.6 is 0 Å². The Bertz CT molecular complexity index is 760. The Morgan fingerprint density at radius 1 is 1.31 bits per heavy atom. The smallest absolute Gasteiger partial charge is 0.255 e. The predicted molar refractivity (Wildman–Crippen MR) is 105 cm³/mol. The number of ether oxygens (including phenoxy) is 1. The van der Waals surface area contributed by atoms with Gasteiger partial charge in [0.1, 0.15) is 11.6 Å². The molecule has 3 rings (SSSR count). The van der Waals surface area contributed by atoms with Gasteiger partial charge in [0.05, 0.1) is 11.8 Å². The van der Waals surface area contributed by atoms with Crippen LogP contribution in [0.1, 0.15) is 44.0 Å². The van der Waals surface area contributed by atoms with Crippen molar-refractivity contribution in [1.29, 1.82) is 0 Å². The van der Waals surface area contributed by atoms with Crippen molar-refractivity contribution < 1.29 is 9.53 Å². The van der Waals surface area contributed by atoms with E-state index < -0.39 is 0 Å². The summed E-state index contributed by atoms with van der Waals surface area (Å²) in [5, 5.41) is 2.96. The molecule has 26 heavy (non-hydrogen) atoms. The molecule has 1 N–H and O–H groups in total. The SMILES string of the molecule is CC1CCCN(c2cc(C(=O)Nc3ccccc3OC(C)C)ccn2)C1. The summed E-state index contributed by atoms with van der Waals surface area (Å²) >= 11 is 0. The van der Waals surface area contributed by atoms with Crippen LogP contribution in [0.5, 0.6) is 5.75 Å². The first-order valence-corrected chi connectivity index (χ1v) is 9.31. The average Bonchev–Trinajstić information content (AvgIpc) is 2.63. The highest BCUT2D eigenvalue weighted by atomic mass is 16.5. The number of rotatable bonds is 5. The van der Waals surface area contributed by atoms with Gasteiger partial charge in [-0.15, -0.1) is 0 Å². The number of carbonyl (C=O) groups is 1. The second-order valence-electron chi connectivity index (χ2n) is 7.21. The molecule has 1 saturated heterocycles. The molecule has 1 atom stereocenters. The highest BCUT2D eigenvalue weighted by Crippen LogP contribution is 2.26. The molecule has 1 aromatic heterocycles. The van der Waals surface area contributed by atoms with Crippen molar-refractivity contribution in [2.45, 2.75) is 39.7 Å². The number of carbonyl (C=O) groups excluding carboxylic acids is 1. The summed E-state index contributed by atoms with van der Waals surface area (Å²) < 4.78 is 5.78. The summed E-state index contributed by atoms with van der Waals surface area (Å²) in [6, 6.07) is 11.1. The number of nitrogens with zero attached hydrogens (tertiary/aromatic N) is 2. The van der Waals surface area contributed by atoms with E-state index in [0.29, 0.717) is 22.9 Å². The van der Waals surface area contributed by atoms with Gasteiger partial charge in [0.15, 0.2) is 0 Å². The molecule has 5 heteroatoms. The van der Waals surface area contributed by atoms with Gasteiger partial charge in [0, 0.05) is 24.8 Å². The van der Waals surface area contributed by atoms with Crippen LogP contribution in [-0.2, 0) is 0 Å². The molecule has 0 bridgehead atoms. The van der Waals surface area contributed by atoms with E-state index in [1.165, 1.54) is 12.8 Å². The highest BCUT2D eigenvalue weighted by molar-refractivity contribution is 6.05. The third-order valence-electron chi connectivity index (χ3n) is 4.49. The number of piperidine rings is 1. The molecule has 5 nitrogen and oxygen atoms in total. The van der Waals surface area contributed by atoms with Gasteiger partial charge in [-0.3, -0.25) is 4.79 Å². The minimum Gasteiger partial charge on any atom is -0.489 e. The Kier molecular flexibility index (Phi) is 5.76. The molecular formula is C21H27N3O2. The molecule has 1 aromatic carbocycles. The Labute approximate surface area is 155 Å². The first-order chi connectivity index (χ1) is 12.5. The summed E-state index contributed by atoms with van der Waals surface area (Å²) in [6.07, 6.45) is 4.17. The zero-order valence-corrected chi connectivity index (χ0v) is 15.7. The number of hydrogen-bond acceptors (Lipinski definition) is 4. The van der Waals surface area contributed by atoms with E-state index >= 15 is 0 Å². The fraction of sp³-hybridized carbons (Fsp3) is 0.429. The molecule has 0 aliphatic carbocycles. The third-order valence-corrected chi connectivity index (χ3v) is 4.49. The molecule has 1 amide bonds. The second kappa shape index (κ2) is 8.21. The lowest BCUT2D eigenvalue weighted by Crippen LogP contribution is -2.34. The number of hydrogen-bond donors (Lipinski definition) is 1. The van der Waals surface area contributed by atoms with Crippen molar-refractivity contribution >= 4 is 17.4 Å². The molecule has 0 radical (unpaired) electrons. The maximum Gasteiger partial charge on any atom is 0.255 e. The van der Waals surface area contributed by atoms with E-state index in [4.69, 9.17) is 4.74 Å². The highest BCUT2D eigenvalue weighted by Gasteiger charge is 2.19. The van der Waals surface area contributed by atoms with E-state index in [2.05, 4.69) is 22.1 Å². The maximum atomic E-state index is 12.7. The number of aromatic nitrogens is 1. The fourth-order valence-corrected chi connectivity index (χ4v) is 3.25. The number of anilines is 2. The summed E-state index contributed by atoms with van der Waals surface area (Å²) in [7, 11) is 0. The van der Waals surface area contributed by atoms with Crippen molar-refractivity contribution in [3.8, 4) is 5.75 Å². The van der Waals surface area contributed by atoms with Crippen LogP contribution in [0.4, 0.5) is 11.5 Å². The summed E-state index contributed by atoms with van der Waals surface area (Å²) in [5.41, 5.74) is 1.28. The van der Waals surface area contributed by atoms with Crippen molar-refractivity contribution in [3.63, 3.8) is 0 Å². The lowest BCUT2D eigenvalue weighted by Gasteiger charge is -2.31. The quantitative estimate of drug-likeness (QED) is 0.868. The number of para-hydroxylation sites is 2. The van der Waals surface area contributed by atoms with Crippen LogP contribution in [-0.4, -0.2) is 30.1 Å². The Morgan fingerprint density at radius 2 is 2.12 bits per heavy atom. The van der Waals surface area contributed by atoms with E-state index in [1.54, 1.807) is 12.3 Å². The molecule has 1 fully saturated rings. The molecular weight excluding hydrogens is 326 g/mol. The molecule has 2 aromatic rings. The summed E-state index contributed by atoms with van der Waals surface area (Å²) in [6.45, 7) is 8.17. The minimum atomic E-state index is -0.154. The zero-order valence-electron chi connectivity index (χ0n) is 15.7. The third kappa shape index (κ3) is 4.54. The zero-order chi connectivity index (χ0) is 18.5. The Hall–Kier alpha value is -2.56. The van der Waals surface area contributed by atoms with Crippen molar-refractivity contribution in [3.05, 3.63) is 48.2 Å². The average molecular weight is 353 g/mol. The maximum absolute atomic E-state index is 12.7.